The van der Waals surface area contributed by atoms with Gasteiger partial charge in [-0.15, -0.1) is 0 Å². The number of fused-ring (bicyclic) bond motifs is 1. The van der Waals surface area contributed by atoms with E-state index in [1.807, 2.05) is 12.1 Å². The summed E-state index contributed by atoms with van der Waals surface area (Å²) in [6, 6.07) is 8.76. The molecule has 0 aliphatic heterocycles. The lowest BCUT2D eigenvalue weighted by atomic mass is 9.95. The van der Waals surface area contributed by atoms with Crippen LogP contribution in [0.4, 0.5) is 0 Å². The molecule has 108 valence electrons. The Hall–Kier alpha value is -0.990. The summed E-state index contributed by atoms with van der Waals surface area (Å²) >= 11 is 6.21. The van der Waals surface area contributed by atoms with E-state index < -0.39 is 0 Å². The lowest BCUT2D eigenvalue weighted by Crippen LogP contribution is -2.29. The second kappa shape index (κ2) is 6.19. The molecule has 3 rings (SSSR count). The van der Waals surface area contributed by atoms with E-state index in [1.165, 1.54) is 32.1 Å². The second-order valence-electron chi connectivity index (χ2n) is 5.78. The van der Waals surface area contributed by atoms with Crippen molar-refractivity contribution in [3.63, 3.8) is 0 Å². The summed E-state index contributed by atoms with van der Waals surface area (Å²) in [5.74, 6) is 1.63. The number of halogens is 1. The Morgan fingerprint density at radius 1 is 1.30 bits per heavy atom. The molecular formula is C17H22ClNO. The van der Waals surface area contributed by atoms with E-state index in [1.54, 1.807) is 0 Å². The number of nitrogens with one attached hydrogen (secondary N) is 1. The molecule has 1 aliphatic carbocycles. The largest absolute Gasteiger partial charge is 0.459 e. The van der Waals surface area contributed by atoms with Gasteiger partial charge in [-0.25, -0.2) is 0 Å². The second-order valence-corrected chi connectivity index (χ2v) is 6.19. The van der Waals surface area contributed by atoms with Crippen molar-refractivity contribution in [1.82, 2.24) is 5.32 Å². The molecule has 1 aromatic heterocycles. The third-order valence-corrected chi connectivity index (χ3v) is 4.63. The van der Waals surface area contributed by atoms with E-state index in [4.69, 9.17) is 16.0 Å². The van der Waals surface area contributed by atoms with Gasteiger partial charge in [0.2, 0.25) is 0 Å². The number of benzene rings is 1. The van der Waals surface area contributed by atoms with Crippen LogP contribution in [0.15, 0.2) is 28.7 Å². The third kappa shape index (κ3) is 2.87. The van der Waals surface area contributed by atoms with Gasteiger partial charge in [-0.1, -0.05) is 43.5 Å². The molecular weight excluding hydrogens is 270 g/mol. The molecule has 1 aliphatic rings. The SMILES string of the molecule is CCNC1CCCCC(c2cc3cccc(Cl)c3o2)C1. The van der Waals surface area contributed by atoms with Gasteiger partial charge in [0.05, 0.1) is 5.02 Å². The van der Waals surface area contributed by atoms with E-state index in [0.29, 0.717) is 17.0 Å². The maximum atomic E-state index is 6.21. The highest BCUT2D eigenvalue weighted by Crippen LogP contribution is 2.36. The van der Waals surface area contributed by atoms with Gasteiger partial charge in [0.15, 0.2) is 5.58 Å². The predicted octanol–water partition coefficient (Wildman–Crippen LogP) is 5.11. The molecule has 2 unspecified atom stereocenters. The van der Waals surface area contributed by atoms with Gasteiger partial charge in [-0.2, -0.15) is 0 Å². The minimum Gasteiger partial charge on any atom is -0.459 e. The van der Waals surface area contributed by atoms with Crippen molar-refractivity contribution in [1.29, 1.82) is 0 Å². The fraction of sp³-hybridized carbons (Fsp3) is 0.529. The Morgan fingerprint density at radius 3 is 2.95 bits per heavy atom. The first kappa shape index (κ1) is 14.0. The molecule has 2 nitrogen and oxygen atoms in total. The summed E-state index contributed by atoms with van der Waals surface area (Å²) in [4.78, 5) is 0. The highest BCUT2D eigenvalue weighted by atomic mass is 35.5. The first-order chi connectivity index (χ1) is 9.78. The van der Waals surface area contributed by atoms with Crippen LogP contribution in [0.5, 0.6) is 0 Å². The minimum atomic E-state index is 0.519. The number of para-hydroxylation sites is 1. The standard InChI is InChI=1S/C17H22ClNO/c1-2-19-14-8-4-3-6-12(10-14)16-11-13-7-5-9-15(18)17(13)20-16/h5,7,9,11-12,14,19H,2-4,6,8,10H2,1H3. The smallest absolute Gasteiger partial charge is 0.152 e. The molecule has 2 atom stereocenters. The molecule has 0 bridgehead atoms. The van der Waals surface area contributed by atoms with Crippen LogP contribution >= 0.6 is 11.6 Å². The molecule has 1 aromatic carbocycles. The molecule has 20 heavy (non-hydrogen) atoms. The van der Waals surface area contributed by atoms with E-state index in [9.17, 15) is 0 Å². The van der Waals surface area contributed by atoms with Crippen molar-refractivity contribution in [3.05, 3.63) is 35.0 Å². The number of furan rings is 1. The van der Waals surface area contributed by atoms with Gasteiger partial charge in [0.1, 0.15) is 5.76 Å². The van der Waals surface area contributed by atoms with E-state index >= 15 is 0 Å². The van der Waals surface area contributed by atoms with Crippen molar-refractivity contribution >= 4 is 22.6 Å². The molecule has 1 N–H and O–H groups in total. The van der Waals surface area contributed by atoms with Crippen molar-refractivity contribution in [2.24, 2.45) is 0 Å². The topological polar surface area (TPSA) is 25.2 Å². The molecule has 1 heterocycles. The molecule has 0 amide bonds. The summed E-state index contributed by atoms with van der Waals surface area (Å²) in [5.41, 5.74) is 0.841. The predicted molar refractivity (Wildman–Crippen MR) is 84.5 cm³/mol. The van der Waals surface area contributed by atoms with Crippen LogP contribution in [0.1, 0.15) is 50.7 Å². The van der Waals surface area contributed by atoms with Crippen LogP contribution in [0.3, 0.4) is 0 Å². The monoisotopic (exact) mass is 291 g/mol. The number of rotatable bonds is 3. The van der Waals surface area contributed by atoms with Crippen LogP contribution in [0.2, 0.25) is 5.02 Å². The van der Waals surface area contributed by atoms with Crippen LogP contribution in [0, 0.1) is 0 Å². The lowest BCUT2D eigenvalue weighted by Gasteiger charge is -2.19. The Morgan fingerprint density at radius 2 is 2.15 bits per heavy atom. The van der Waals surface area contributed by atoms with Crippen LogP contribution < -0.4 is 5.32 Å². The molecule has 0 radical (unpaired) electrons. The first-order valence-corrected chi connectivity index (χ1v) is 8.07. The summed E-state index contributed by atoms with van der Waals surface area (Å²) in [6.07, 6.45) is 6.28. The highest BCUT2D eigenvalue weighted by molar-refractivity contribution is 6.34. The van der Waals surface area contributed by atoms with Crippen LogP contribution in [0.25, 0.3) is 11.0 Å². The Labute approximate surface area is 125 Å². The van der Waals surface area contributed by atoms with Gasteiger partial charge in [-0.05, 0) is 37.9 Å². The van der Waals surface area contributed by atoms with Crippen molar-refractivity contribution < 1.29 is 4.42 Å². The lowest BCUT2D eigenvalue weighted by molar-refractivity contribution is 0.407. The average molecular weight is 292 g/mol. The Bertz CT molecular complexity index is 577. The van der Waals surface area contributed by atoms with Gasteiger partial charge >= 0.3 is 0 Å². The third-order valence-electron chi connectivity index (χ3n) is 4.33. The van der Waals surface area contributed by atoms with E-state index in [-0.39, 0.29) is 0 Å². The summed E-state index contributed by atoms with van der Waals surface area (Å²) in [6.45, 7) is 3.23. The first-order valence-electron chi connectivity index (χ1n) is 7.69. The van der Waals surface area contributed by atoms with Gasteiger partial charge < -0.3 is 9.73 Å². The summed E-state index contributed by atoms with van der Waals surface area (Å²) in [5, 5.41) is 5.44. The maximum absolute atomic E-state index is 6.21. The van der Waals surface area contributed by atoms with Gasteiger partial charge in [0, 0.05) is 17.3 Å². The Balaban J connectivity index is 1.86. The van der Waals surface area contributed by atoms with Crippen molar-refractivity contribution in [2.45, 2.75) is 51.0 Å². The van der Waals surface area contributed by atoms with Crippen LogP contribution in [-0.4, -0.2) is 12.6 Å². The Kier molecular flexibility index (Phi) is 4.32. The molecule has 2 aromatic rings. The minimum absolute atomic E-state index is 0.519. The average Bonchev–Trinajstić information content (AvgIpc) is 2.74. The summed E-state index contributed by atoms with van der Waals surface area (Å²) < 4.78 is 6.06. The fourth-order valence-corrected chi connectivity index (χ4v) is 3.56. The number of hydrogen-bond donors (Lipinski definition) is 1. The quantitative estimate of drug-likeness (QED) is 0.795. The van der Waals surface area contributed by atoms with Gasteiger partial charge in [0.25, 0.3) is 0 Å². The zero-order valence-electron chi connectivity index (χ0n) is 12.0. The fourth-order valence-electron chi connectivity index (χ4n) is 3.34. The number of hydrogen-bond acceptors (Lipinski definition) is 2. The van der Waals surface area contributed by atoms with E-state index in [0.717, 1.165) is 23.3 Å². The summed E-state index contributed by atoms with van der Waals surface area (Å²) in [7, 11) is 0. The van der Waals surface area contributed by atoms with Crippen LogP contribution in [-0.2, 0) is 0 Å². The normalized spacial score (nSPS) is 23.9. The maximum Gasteiger partial charge on any atom is 0.152 e. The van der Waals surface area contributed by atoms with Crippen molar-refractivity contribution in [2.75, 3.05) is 6.54 Å². The van der Waals surface area contributed by atoms with E-state index in [2.05, 4.69) is 24.4 Å². The van der Waals surface area contributed by atoms with Gasteiger partial charge in [-0.3, -0.25) is 0 Å². The molecule has 1 saturated carbocycles. The molecule has 0 spiro atoms. The van der Waals surface area contributed by atoms with Crippen molar-refractivity contribution in [3.8, 4) is 0 Å². The molecule has 1 fully saturated rings. The zero-order chi connectivity index (χ0) is 13.9. The molecule has 0 saturated heterocycles. The molecule has 3 heteroatoms. The zero-order valence-corrected chi connectivity index (χ0v) is 12.7. The highest BCUT2D eigenvalue weighted by Gasteiger charge is 2.24.